The molecule has 1 aromatic rings. The molecule has 2 fully saturated rings. The lowest BCUT2D eigenvalue weighted by atomic mass is 9.72. The van der Waals surface area contributed by atoms with E-state index in [1.165, 1.54) is 69.8 Å². The largest absolute Gasteiger partial charge is 0.481 e. The number of hydrogen-bond acceptors (Lipinski definition) is 1. The number of benzene rings is 1. The first-order valence-corrected chi connectivity index (χ1v) is 12.0. The third kappa shape index (κ3) is 6.88. The van der Waals surface area contributed by atoms with Crippen LogP contribution in [0.4, 0.5) is 0 Å². The minimum atomic E-state index is -0.698. The lowest BCUT2D eigenvalue weighted by Gasteiger charge is -2.33. The molecule has 1 aromatic carbocycles. The Hall–Kier alpha value is -1.28. The van der Waals surface area contributed by atoms with Gasteiger partial charge < -0.3 is 5.11 Å². The van der Waals surface area contributed by atoms with Gasteiger partial charge in [-0.3, -0.25) is 4.79 Å². The quantitative estimate of drug-likeness (QED) is 0.422. The highest BCUT2D eigenvalue weighted by atomic mass is 35.5. The second-order valence-corrected chi connectivity index (χ2v) is 9.95. The first-order chi connectivity index (χ1) is 14.0. The van der Waals surface area contributed by atoms with Crippen LogP contribution in [0.3, 0.4) is 0 Å². The zero-order valence-electron chi connectivity index (χ0n) is 17.7. The predicted molar refractivity (Wildman–Crippen MR) is 121 cm³/mol. The van der Waals surface area contributed by atoms with Crippen LogP contribution in [0.1, 0.15) is 76.2 Å². The molecule has 2 aliphatic rings. The maximum Gasteiger partial charge on any atom is 0.310 e. The van der Waals surface area contributed by atoms with Crippen molar-refractivity contribution in [2.75, 3.05) is 0 Å². The Kier molecular flexibility index (Phi) is 8.66. The highest BCUT2D eigenvalue weighted by Crippen LogP contribution is 2.39. The highest BCUT2D eigenvalue weighted by molar-refractivity contribution is 6.30. The van der Waals surface area contributed by atoms with Crippen LogP contribution in [0.15, 0.2) is 36.9 Å². The molecule has 0 radical (unpaired) electrons. The van der Waals surface area contributed by atoms with Crippen LogP contribution in [-0.2, 0) is 11.2 Å². The van der Waals surface area contributed by atoms with E-state index in [-0.39, 0.29) is 5.92 Å². The fourth-order valence-electron chi connectivity index (χ4n) is 5.63. The molecule has 0 bridgehead atoms. The Bertz CT molecular complexity index is 637. The topological polar surface area (TPSA) is 37.3 Å². The summed E-state index contributed by atoms with van der Waals surface area (Å²) >= 11 is 5.97. The number of rotatable bonds is 9. The van der Waals surface area contributed by atoms with Gasteiger partial charge in [-0.05, 0) is 67.1 Å². The summed E-state index contributed by atoms with van der Waals surface area (Å²) in [5, 5.41) is 10.1. The standard InChI is InChI=1S/C26H37ClO2/c1-2-25(26(28)29)23-15-11-21(12-16-23)9-7-19-3-5-20(6-4-19)8-10-22-13-17-24(27)18-14-22/h2,13-14,17-21,23,25H,1,3-12,15-16H2,(H,28,29)/t19-,20-,21?,23?,25?. The highest BCUT2D eigenvalue weighted by Gasteiger charge is 2.30. The van der Waals surface area contributed by atoms with Crippen LogP contribution in [0, 0.1) is 29.6 Å². The molecule has 2 saturated carbocycles. The van der Waals surface area contributed by atoms with Gasteiger partial charge in [0.05, 0.1) is 5.92 Å². The van der Waals surface area contributed by atoms with Gasteiger partial charge in [0.25, 0.3) is 0 Å². The Morgan fingerprint density at radius 1 is 0.931 bits per heavy atom. The van der Waals surface area contributed by atoms with E-state index < -0.39 is 5.97 Å². The molecule has 1 N–H and O–H groups in total. The van der Waals surface area contributed by atoms with Gasteiger partial charge in [0, 0.05) is 5.02 Å². The summed E-state index contributed by atoms with van der Waals surface area (Å²) in [6, 6.07) is 8.33. The summed E-state index contributed by atoms with van der Waals surface area (Å²) in [6.45, 7) is 3.73. The molecule has 0 saturated heterocycles. The van der Waals surface area contributed by atoms with Crippen molar-refractivity contribution in [2.24, 2.45) is 29.6 Å². The second kappa shape index (κ2) is 11.2. The maximum absolute atomic E-state index is 11.3. The summed E-state index contributed by atoms with van der Waals surface area (Å²) in [7, 11) is 0. The van der Waals surface area contributed by atoms with Crippen LogP contribution < -0.4 is 0 Å². The number of aryl methyl sites for hydroxylation is 1. The van der Waals surface area contributed by atoms with E-state index in [9.17, 15) is 9.90 Å². The zero-order chi connectivity index (χ0) is 20.6. The van der Waals surface area contributed by atoms with Gasteiger partial charge in [0.1, 0.15) is 0 Å². The first kappa shape index (κ1) is 22.4. The van der Waals surface area contributed by atoms with Gasteiger partial charge >= 0.3 is 5.97 Å². The normalized spacial score (nSPS) is 28.6. The van der Waals surface area contributed by atoms with Crippen LogP contribution in [0.2, 0.25) is 5.02 Å². The molecule has 29 heavy (non-hydrogen) atoms. The Morgan fingerprint density at radius 3 is 1.90 bits per heavy atom. The number of halogens is 1. The molecule has 1 atom stereocenters. The van der Waals surface area contributed by atoms with Crippen molar-refractivity contribution in [1.82, 2.24) is 0 Å². The van der Waals surface area contributed by atoms with E-state index in [0.29, 0.717) is 5.92 Å². The van der Waals surface area contributed by atoms with Gasteiger partial charge in [0.2, 0.25) is 0 Å². The van der Waals surface area contributed by atoms with Crippen molar-refractivity contribution in [3.8, 4) is 0 Å². The number of carbonyl (C=O) groups is 1. The Labute approximate surface area is 181 Å². The van der Waals surface area contributed by atoms with E-state index >= 15 is 0 Å². The predicted octanol–water partition coefficient (Wildman–Crippen LogP) is 7.55. The number of hydrogen-bond donors (Lipinski definition) is 1. The van der Waals surface area contributed by atoms with Crippen molar-refractivity contribution in [2.45, 2.75) is 77.0 Å². The summed E-state index contributed by atoms with van der Waals surface area (Å²) in [4.78, 5) is 11.3. The fraction of sp³-hybridized carbons (Fsp3) is 0.654. The Morgan fingerprint density at radius 2 is 1.41 bits per heavy atom. The minimum Gasteiger partial charge on any atom is -0.481 e. The summed E-state index contributed by atoms with van der Waals surface area (Å²) < 4.78 is 0. The van der Waals surface area contributed by atoms with E-state index in [1.54, 1.807) is 6.08 Å². The first-order valence-electron chi connectivity index (χ1n) is 11.6. The van der Waals surface area contributed by atoms with Gasteiger partial charge in [-0.2, -0.15) is 0 Å². The summed E-state index contributed by atoms with van der Waals surface area (Å²) in [5.74, 6) is 1.88. The molecule has 2 nitrogen and oxygen atoms in total. The molecular weight excluding hydrogens is 380 g/mol. The van der Waals surface area contributed by atoms with Crippen LogP contribution in [0.25, 0.3) is 0 Å². The zero-order valence-corrected chi connectivity index (χ0v) is 18.5. The SMILES string of the molecule is C=CC(C(=O)O)C1CCC(CC[C@H]2CC[C@H](CCc3ccc(Cl)cc3)CC2)CC1. The molecule has 0 aromatic heterocycles. The average molecular weight is 417 g/mol. The lowest BCUT2D eigenvalue weighted by Crippen LogP contribution is -2.26. The number of carboxylic acid groups (broad SMARTS) is 1. The van der Waals surface area contributed by atoms with Crippen molar-refractivity contribution in [1.29, 1.82) is 0 Å². The second-order valence-electron chi connectivity index (χ2n) is 9.51. The lowest BCUT2D eigenvalue weighted by molar-refractivity contribution is -0.142. The van der Waals surface area contributed by atoms with Crippen molar-refractivity contribution in [3.05, 3.63) is 47.5 Å². The van der Waals surface area contributed by atoms with E-state index in [1.807, 2.05) is 12.1 Å². The minimum absolute atomic E-state index is 0.303. The smallest absolute Gasteiger partial charge is 0.310 e. The molecule has 2 aliphatic carbocycles. The molecule has 160 valence electrons. The summed E-state index contributed by atoms with van der Waals surface area (Å²) in [6.07, 6.45) is 17.0. The van der Waals surface area contributed by atoms with Gasteiger partial charge in [-0.1, -0.05) is 81.2 Å². The van der Waals surface area contributed by atoms with E-state index in [2.05, 4.69) is 18.7 Å². The van der Waals surface area contributed by atoms with Crippen LogP contribution in [0.5, 0.6) is 0 Å². The number of aliphatic carboxylic acids is 1. The third-order valence-electron chi connectivity index (χ3n) is 7.64. The third-order valence-corrected chi connectivity index (χ3v) is 7.89. The molecular formula is C26H37ClO2. The van der Waals surface area contributed by atoms with Crippen molar-refractivity contribution < 1.29 is 9.90 Å². The van der Waals surface area contributed by atoms with Crippen LogP contribution in [-0.4, -0.2) is 11.1 Å². The van der Waals surface area contributed by atoms with Gasteiger partial charge in [-0.15, -0.1) is 6.58 Å². The van der Waals surface area contributed by atoms with Gasteiger partial charge in [-0.25, -0.2) is 0 Å². The molecule has 3 heteroatoms. The maximum atomic E-state index is 11.3. The van der Waals surface area contributed by atoms with Crippen LogP contribution >= 0.6 is 11.6 Å². The molecule has 0 heterocycles. The van der Waals surface area contributed by atoms with E-state index in [4.69, 9.17) is 11.6 Å². The molecule has 3 rings (SSSR count). The molecule has 0 aliphatic heterocycles. The molecule has 1 unspecified atom stereocenters. The van der Waals surface area contributed by atoms with E-state index in [0.717, 1.165) is 35.6 Å². The number of carboxylic acids is 1. The molecule has 0 spiro atoms. The monoisotopic (exact) mass is 416 g/mol. The fourth-order valence-corrected chi connectivity index (χ4v) is 5.76. The van der Waals surface area contributed by atoms with Crippen molar-refractivity contribution in [3.63, 3.8) is 0 Å². The average Bonchev–Trinajstić information content (AvgIpc) is 2.74. The molecule has 0 amide bonds. The van der Waals surface area contributed by atoms with Crippen molar-refractivity contribution >= 4 is 17.6 Å². The summed E-state index contributed by atoms with van der Waals surface area (Å²) in [5.41, 5.74) is 1.41. The van der Waals surface area contributed by atoms with Gasteiger partial charge in [0.15, 0.2) is 0 Å². The Balaban J connectivity index is 1.30.